The standard InChI is InChI=1S/C11H19NO2/c1-5-8-6-7-9(12-8)10(13)14-11(2,3)4/h5,8-9,12H,1,6-7H2,2-4H3/t8-,9?/m1/s1. The van der Waals surface area contributed by atoms with Crippen molar-refractivity contribution in [3.8, 4) is 0 Å². The molecule has 80 valence electrons. The van der Waals surface area contributed by atoms with Gasteiger partial charge >= 0.3 is 5.97 Å². The van der Waals surface area contributed by atoms with Crippen LogP contribution in [0.2, 0.25) is 0 Å². The molecule has 0 aromatic carbocycles. The number of ether oxygens (including phenoxy) is 1. The molecule has 0 saturated carbocycles. The normalized spacial score (nSPS) is 27.4. The van der Waals surface area contributed by atoms with Crippen molar-refractivity contribution in [1.29, 1.82) is 0 Å². The van der Waals surface area contributed by atoms with Crippen molar-refractivity contribution >= 4 is 5.97 Å². The first-order valence-corrected chi connectivity index (χ1v) is 5.04. The molecule has 1 aliphatic rings. The van der Waals surface area contributed by atoms with Crippen molar-refractivity contribution in [2.75, 3.05) is 0 Å². The van der Waals surface area contributed by atoms with Gasteiger partial charge in [0.05, 0.1) is 0 Å². The van der Waals surface area contributed by atoms with Gasteiger partial charge in [-0.1, -0.05) is 6.08 Å². The highest BCUT2D eigenvalue weighted by Crippen LogP contribution is 2.17. The SMILES string of the molecule is C=C[C@@H]1CCC(C(=O)OC(C)(C)C)N1. The molecule has 3 nitrogen and oxygen atoms in total. The lowest BCUT2D eigenvalue weighted by atomic mass is 10.1. The Balaban J connectivity index is 2.43. The largest absolute Gasteiger partial charge is 0.459 e. The van der Waals surface area contributed by atoms with Gasteiger partial charge in [0.2, 0.25) is 0 Å². The third-order valence-electron chi connectivity index (χ3n) is 2.16. The number of carbonyl (C=O) groups excluding carboxylic acids is 1. The zero-order valence-electron chi connectivity index (χ0n) is 9.17. The van der Waals surface area contributed by atoms with Crippen molar-refractivity contribution in [2.45, 2.75) is 51.3 Å². The molecule has 1 fully saturated rings. The Bertz CT molecular complexity index is 230. The van der Waals surface area contributed by atoms with Crippen LogP contribution in [0.1, 0.15) is 33.6 Å². The highest BCUT2D eigenvalue weighted by atomic mass is 16.6. The molecule has 3 heteroatoms. The minimum atomic E-state index is -0.398. The average Bonchev–Trinajstić information content (AvgIpc) is 2.48. The van der Waals surface area contributed by atoms with Gasteiger partial charge in [0.25, 0.3) is 0 Å². The number of hydrogen-bond acceptors (Lipinski definition) is 3. The fraction of sp³-hybridized carbons (Fsp3) is 0.727. The number of esters is 1. The van der Waals surface area contributed by atoms with Crippen LogP contribution in [0.5, 0.6) is 0 Å². The lowest BCUT2D eigenvalue weighted by molar-refractivity contribution is -0.157. The van der Waals surface area contributed by atoms with E-state index in [0.717, 1.165) is 12.8 Å². The third-order valence-corrected chi connectivity index (χ3v) is 2.16. The van der Waals surface area contributed by atoms with Crippen LogP contribution < -0.4 is 5.32 Å². The van der Waals surface area contributed by atoms with E-state index < -0.39 is 5.60 Å². The molecule has 0 spiro atoms. The van der Waals surface area contributed by atoms with Gasteiger partial charge < -0.3 is 4.74 Å². The molecule has 0 aromatic heterocycles. The molecule has 1 unspecified atom stereocenters. The summed E-state index contributed by atoms with van der Waals surface area (Å²) in [5.41, 5.74) is -0.398. The lowest BCUT2D eigenvalue weighted by Crippen LogP contribution is -2.39. The number of carbonyl (C=O) groups is 1. The molecule has 0 radical (unpaired) electrons. The van der Waals surface area contributed by atoms with E-state index in [1.807, 2.05) is 26.8 Å². The summed E-state index contributed by atoms with van der Waals surface area (Å²) in [7, 11) is 0. The first-order chi connectivity index (χ1) is 6.42. The van der Waals surface area contributed by atoms with Gasteiger partial charge in [-0.05, 0) is 33.6 Å². The summed E-state index contributed by atoms with van der Waals surface area (Å²) >= 11 is 0. The van der Waals surface area contributed by atoms with E-state index in [9.17, 15) is 4.79 Å². The van der Waals surface area contributed by atoms with Crippen molar-refractivity contribution in [3.63, 3.8) is 0 Å². The van der Waals surface area contributed by atoms with E-state index in [4.69, 9.17) is 4.74 Å². The van der Waals surface area contributed by atoms with Crippen molar-refractivity contribution in [1.82, 2.24) is 5.32 Å². The predicted octanol–water partition coefficient (Wildman–Crippen LogP) is 1.63. The van der Waals surface area contributed by atoms with Crippen LogP contribution in [-0.2, 0) is 9.53 Å². The van der Waals surface area contributed by atoms with Gasteiger partial charge in [0.1, 0.15) is 11.6 Å². The summed E-state index contributed by atoms with van der Waals surface area (Å²) in [4.78, 5) is 11.6. The van der Waals surface area contributed by atoms with E-state index in [2.05, 4.69) is 11.9 Å². The van der Waals surface area contributed by atoms with Crippen LogP contribution in [0.3, 0.4) is 0 Å². The van der Waals surface area contributed by atoms with Gasteiger partial charge in [0, 0.05) is 6.04 Å². The van der Waals surface area contributed by atoms with Gasteiger partial charge in [-0.25, -0.2) is 0 Å². The molecule has 0 amide bonds. The molecule has 0 aliphatic carbocycles. The zero-order chi connectivity index (χ0) is 10.8. The Labute approximate surface area is 85.5 Å². The van der Waals surface area contributed by atoms with Crippen LogP contribution in [-0.4, -0.2) is 23.7 Å². The Morgan fingerprint density at radius 1 is 1.50 bits per heavy atom. The Morgan fingerprint density at radius 3 is 2.57 bits per heavy atom. The summed E-state index contributed by atoms with van der Waals surface area (Å²) in [6, 6.07) is 0.102. The molecule has 1 saturated heterocycles. The summed E-state index contributed by atoms with van der Waals surface area (Å²) < 4.78 is 5.28. The Kier molecular flexibility index (Phi) is 3.32. The van der Waals surface area contributed by atoms with Crippen LogP contribution in [0, 0.1) is 0 Å². The molecule has 0 aromatic rings. The molecule has 1 heterocycles. The predicted molar refractivity (Wildman–Crippen MR) is 56.0 cm³/mol. The maximum Gasteiger partial charge on any atom is 0.323 e. The van der Waals surface area contributed by atoms with E-state index in [1.54, 1.807) is 0 Å². The number of hydrogen-bond donors (Lipinski definition) is 1. The van der Waals surface area contributed by atoms with Gasteiger partial charge in [-0.2, -0.15) is 0 Å². The van der Waals surface area contributed by atoms with Gasteiger partial charge in [-0.15, -0.1) is 6.58 Å². The Hall–Kier alpha value is -0.830. The fourth-order valence-electron chi connectivity index (χ4n) is 1.52. The molecule has 0 bridgehead atoms. The number of rotatable bonds is 2. The van der Waals surface area contributed by atoms with Crippen LogP contribution >= 0.6 is 0 Å². The third kappa shape index (κ3) is 3.14. The molecule has 1 aliphatic heterocycles. The smallest absolute Gasteiger partial charge is 0.323 e. The maximum atomic E-state index is 11.6. The molecular weight excluding hydrogens is 178 g/mol. The van der Waals surface area contributed by atoms with Crippen LogP contribution in [0.15, 0.2) is 12.7 Å². The molecule has 1 rings (SSSR count). The van der Waals surface area contributed by atoms with E-state index in [-0.39, 0.29) is 18.1 Å². The lowest BCUT2D eigenvalue weighted by Gasteiger charge is -2.22. The zero-order valence-corrected chi connectivity index (χ0v) is 9.17. The summed E-state index contributed by atoms with van der Waals surface area (Å²) in [6.45, 7) is 9.34. The van der Waals surface area contributed by atoms with E-state index >= 15 is 0 Å². The fourth-order valence-corrected chi connectivity index (χ4v) is 1.52. The highest BCUT2D eigenvalue weighted by Gasteiger charge is 2.30. The summed E-state index contributed by atoms with van der Waals surface area (Å²) in [5, 5.41) is 3.17. The average molecular weight is 197 g/mol. The first kappa shape index (κ1) is 11.2. The minimum absolute atomic E-state index is 0.151. The van der Waals surface area contributed by atoms with Gasteiger partial charge in [-0.3, -0.25) is 10.1 Å². The van der Waals surface area contributed by atoms with E-state index in [0.29, 0.717) is 0 Å². The van der Waals surface area contributed by atoms with E-state index in [1.165, 1.54) is 0 Å². The summed E-state index contributed by atoms with van der Waals surface area (Å²) in [6.07, 6.45) is 3.64. The maximum absolute atomic E-state index is 11.6. The number of nitrogens with one attached hydrogen (secondary N) is 1. The minimum Gasteiger partial charge on any atom is -0.459 e. The van der Waals surface area contributed by atoms with Crippen molar-refractivity contribution < 1.29 is 9.53 Å². The second-order valence-electron chi connectivity index (χ2n) is 4.67. The molecule has 1 N–H and O–H groups in total. The van der Waals surface area contributed by atoms with Gasteiger partial charge in [0.15, 0.2) is 0 Å². The molecular formula is C11H19NO2. The van der Waals surface area contributed by atoms with Crippen molar-refractivity contribution in [2.24, 2.45) is 0 Å². The monoisotopic (exact) mass is 197 g/mol. The molecule has 14 heavy (non-hydrogen) atoms. The second kappa shape index (κ2) is 4.13. The second-order valence-corrected chi connectivity index (χ2v) is 4.67. The summed E-state index contributed by atoms with van der Waals surface area (Å²) in [5.74, 6) is -0.151. The first-order valence-electron chi connectivity index (χ1n) is 5.04. The highest BCUT2D eigenvalue weighted by molar-refractivity contribution is 5.76. The van der Waals surface area contributed by atoms with Crippen LogP contribution in [0.4, 0.5) is 0 Å². The quantitative estimate of drug-likeness (QED) is 0.540. The van der Waals surface area contributed by atoms with Crippen molar-refractivity contribution in [3.05, 3.63) is 12.7 Å². The Morgan fingerprint density at radius 2 is 2.14 bits per heavy atom. The topological polar surface area (TPSA) is 38.3 Å². The van der Waals surface area contributed by atoms with Crippen LogP contribution in [0.25, 0.3) is 0 Å². The molecule has 2 atom stereocenters.